The summed E-state index contributed by atoms with van der Waals surface area (Å²) in [5.41, 5.74) is 7.96. The van der Waals surface area contributed by atoms with Crippen molar-refractivity contribution >= 4 is 5.69 Å². The Balaban J connectivity index is 1.99. The number of ether oxygens (including phenoxy) is 2. The Hall–Kier alpha value is -4.20. The Morgan fingerprint density at radius 2 is 2.00 bits per heavy atom. The van der Waals surface area contributed by atoms with Crippen LogP contribution in [-0.2, 0) is 0 Å². The number of hydrogen-bond donors (Lipinski definition) is 3. The van der Waals surface area contributed by atoms with E-state index in [4.69, 9.17) is 15.2 Å². The number of methoxy groups -OCH3 is 1. The first-order valence-electron chi connectivity index (χ1n) is 9.16. The predicted octanol–water partition coefficient (Wildman–Crippen LogP) is 2.07. The van der Waals surface area contributed by atoms with E-state index >= 15 is 0 Å². The van der Waals surface area contributed by atoms with Gasteiger partial charge in [0.25, 0.3) is 0 Å². The molecule has 0 saturated carbocycles. The molecule has 0 saturated heterocycles. The minimum absolute atomic E-state index is 0.0947. The van der Waals surface area contributed by atoms with Gasteiger partial charge < -0.3 is 20.3 Å². The maximum Gasteiger partial charge on any atom is 0.229 e. The quantitative estimate of drug-likeness (QED) is 0.538. The molecule has 1 aliphatic heterocycles. The number of rotatable bonds is 4. The minimum Gasteiger partial charge on any atom is -0.868 e. The average molecular weight is 420 g/mol. The molecule has 31 heavy (non-hydrogen) atoms. The molecule has 10 heteroatoms. The summed E-state index contributed by atoms with van der Waals surface area (Å²) in [6.07, 6.45) is 0. The van der Waals surface area contributed by atoms with Gasteiger partial charge in [0.15, 0.2) is 0 Å². The van der Waals surface area contributed by atoms with Crippen molar-refractivity contribution in [1.29, 1.82) is 5.26 Å². The molecule has 10 nitrogen and oxygen atoms in total. The van der Waals surface area contributed by atoms with Crippen LogP contribution in [0.2, 0.25) is 0 Å². The number of anilines is 1. The Bertz CT molecular complexity index is 1230. The lowest BCUT2D eigenvalue weighted by Crippen LogP contribution is -2.22. The van der Waals surface area contributed by atoms with Gasteiger partial charge in [0, 0.05) is 0 Å². The van der Waals surface area contributed by atoms with Crippen molar-refractivity contribution in [3.8, 4) is 29.1 Å². The van der Waals surface area contributed by atoms with Gasteiger partial charge in [-0.1, -0.05) is 18.2 Å². The van der Waals surface area contributed by atoms with E-state index in [1.807, 2.05) is 30.3 Å². The number of para-hydroxylation sites is 1. The molecule has 0 bridgehead atoms. The number of aromatic nitrogens is 2. The lowest BCUT2D eigenvalue weighted by Gasteiger charge is -2.27. The van der Waals surface area contributed by atoms with Crippen LogP contribution in [-0.4, -0.2) is 27.3 Å². The van der Waals surface area contributed by atoms with Gasteiger partial charge in [-0.15, -0.1) is 5.23 Å². The monoisotopic (exact) mass is 420 g/mol. The molecule has 0 radical (unpaired) electrons. The largest absolute Gasteiger partial charge is 0.868 e. The summed E-state index contributed by atoms with van der Waals surface area (Å²) >= 11 is 0. The third-order valence-electron chi connectivity index (χ3n) is 5.06. The standard InChI is InChI=1S/C21H19N5O5/c1-11-17-18(12-8-15(26(28)29)19(27)16(9-12)30-2)14(10-22)20(23)31-21(17)25(24-11)13-6-4-3-5-7-13/h3-9,18,27-29H,23H2,1-2H3/p-1. The number of nitrogens with two attached hydrogens (primary N) is 1. The Morgan fingerprint density at radius 3 is 2.61 bits per heavy atom. The Kier molecular flexibility index (Phi) is 4.90. The summed E-state index contributed by atoms with van der Waals surface area (Å²) in [5.74, 6) is -1.43. The van der Waals surface area contributed by atoms with Crippen LogP contribution in [0.25, 0.3) is 5.69 Å². The number of fused-ring (bicyclic) bond motifs is 1. The number of aryl methyl sites for hydroxylation is 1. The summed E-state index contributed by atoms with van der Waals surface area (Å²) < 4.78 is 12.5. The number of nitriles is 1. The van der Waals surface area contributed by atoms with Gasteiger partial charge in [-0.2, -0.15) is 10.4 Å². The maximum absolute atomic E-state index is 12.4. The van der Waals surface area contributed by atoms with Crippen molar-refractivity contribution in [3.63, 3.8) is 0 Å². The van der Waals surface area contributed by atoms with Crippen LogP contribution >= 0.6 is 0 Å². The first-order chi connectivity index (χ1) is 14.9. The molecule has 1 aromatic heterocycles. The van der Waals surface area contributed by atoms with E-state index in [2.05, 4.69) is 11.2 Å². The van der Waals surface area contributed by atoms with Gasteiger partial charge in [-0.3, -0.25) is 10.4 Å². The van der Waals surface area contributed by atoms with Gasteiger partial charge in [0.05, 0.1) is 35.7 Å². The summed E-state index contributed by atoms with van der Waals surface area (Å²) in [6, 6.07) is 14.0. The highest BCUT2D eigenvalue weighted by Gasteiger charge is 2.36. The van der Waals surface area contributed by atoms with E-state index in [9.17, 15) is 20.8 Å². The van der Waals surface area contributed by atoms with E-state index in [0.717, 1.165) is 5.69 Å². The second-order valence-electron chi connectivity index (χ2n) is 6.84. The second-order valence-corrected chi connectivity index (χ2v) is 6.84. The zero-order valence-corrected chi connectivity index (χ0v) is 16.6. The lowest BCUT2D eigenvalue weighted by atomic mass is 9.83. The summed E-state index contributed by atoms with van der Waals surface area (Å²) in [7, 11) is 1.28. The number of hydrogen-bond acceptors (Lipinski definition) is 9. The molecule has 1 unspecified atom stereocenters. The Labute approximate surface area is 177 Å². The normalized spacial score (nSPS) is 15.1. The fraction of sp³-hybridized carbons (Fsp3) is 0.143. The summed E-state index contributed by atoms with van der Waals surface area (Å²) in [6.45, 7) is 1.76. The van der Waals surface area contributed by atoms with Gasteiger partial charge in [-0.05, 0) is 42.5 Å². The molecule has 4 rings (SSSR count). The van der Waals surface area contributed by atoms with Gasteiger partial charge in [0.2, 0.25) is 11.8 Å². The van der Waals surface area contributed by atoms with E-state index in [1.165, 1.54) is 19.2 Å². The molecule has 3 aromatic rings. The molecule has 1 atom stereocenters. The van der Waals surface area contributed by atoms with Crippen LogP contribution in [0.5, 0.6) is 17.4 Å². The maximum atomic E-state index is 12.4. The van der Waals surface area contributed by atoms with Crippen LogP contribution in [0.15, 0.2) is 53.9 Å². The van der Waals surface area contributed by atoms with Crippen molar-refractivity contribution in [2.45, 2.75) is 12.8 Å². The lowest BCUT2D eigenvalue weighted by molar-refractivity contribution is -0.270. The predicted molar refractivity (Wildman–Crippen MR) is 106 cm³/mol. The van der Waals surface area contributed by atoms with Gasteiger partial charge >= 0.3 is 0 Å². The highest BCUT2D eigenvalue weighted by Crippen LogP contribution is 2.47. The third kappa shape index (κ3) is 3.18. The zero-order chi connectivity index (χ0) is 22.3. The van der Waals surface area contributed by atoms with E-state index in [1.54, 1.807) is 11.6 Å². The molecule has 158 valence electrons. The summed E-state index contributed by atoms with van der Waals surface area (Å²) in [5, 5.41) is 45.5. The first-order valence-corrected chi connectivity index (χ1v) is 9.16. The number of benzene rings is 2. The average Bonchev–Trinajstić information content (AvgIpc) is 3.09. The highest BCUT2D eigenvalue weighted by atomic mass is 16.8. The zero-order valence-electron chi connectivity index (χ0n) is 16.6. The van der Waals surface area contributed by atoms with Crippen LogP contribution in [0, 0.1) is 18.3 Å². The van der Waals surface area contributed by atoms with E-state index < -0.39 is 17.4 Å². The highest BCUT2D eigenvalue weighted by molar-refractivity contribution is 5.66. The van der Waals surface area contributed by atoms with Crippen molar-refractivity contribution in [2.24, 2.45) is 5.73 Å². The SMILES string of the molecule is COc1cc(C2C(C#N)=C(N)Oc3c2c(C)nn3-c2ccccc2)cc(N(O)O)c1[O-]. The molecule has 0 spiro atoms. The molecule has 0 amide bonds. The van der Waals surface area contributed by atoms with Crippen LogP contribution in [0.1, 0.15) is 22.7 Å². The van der Waals surface area contributed by atoms with E-state index in [0.29, 0.717) is 22.7 Å². The van der Waals surface area contributed by atoms with Crippen molar-refractivity contribution in [2.75, 3.05) is 12.3 Å². The smallest absolute Gasteiger partial charge is 0.229 e. The number of allylic oxidation sites excluding steroid dienone is 1. The van der Waals surface area contributed by atoms with Crippen LogP contribution < -0.4 is 25.5 Å². The fourth-order valence-electron chi connectivity index (χ4n) is 3.67. The first kappa shape index (κ1) is 20.1. The molecule has 1 aliphatic rings. The van der Waals surface area contributed by atoms with Crippen LogP contribution in [0.4, 0.5) is 5.69 Å². The molecule has 2 heterocycles. The second kappa shape index (κ2) is 7.56. The molecule has 0 aliphatic carbocycles. The number of nitrogens with zero attached hydrogens (tertiary/aromatic N) is 4. The topological polar surface area (TPSA) is 153 Å². The van der Waals surface area contributed by atoms with Crippen molar-refractivity contribution in [3.05, 3.63) is 70.7 Å². The van der Waals surface area contributed by atoms with Gasteiger partial charge in [0.1, 0.15) is 17.4 Å². The Morgan fingerprint density at radius 1 is 1.29 bits per heavy atom. The van der Waals surface area contributed by atoms with Crippen molar-refractivity contribution in [1.82, 2.24) is 9.78 Å². The fourth-order valence-corrected chi connectivity index (χ4v) is 3.67. The molecule has 4 N–H and O–H groups in total. The minimum atomic E-state index is -0.778. The molecule has 0 fully saturated rings. The molecular weight excluding hydrogens is 402 g/mol. The summed E-state index contributed by atoms with van der Waals surface area (Å²) in [4.78, 5) is 0. The van der Waals surface area contributed by atoms with Gasteiger partial charge in [-0.25, -0.2) is 4.68 Å². The molecular formula is C21H18N5O5-. The molecule has 2 aromatic carbocycles. The van der Waals surface area contributed by atoms with Crippen molar-refractivity contribution < 1.29 is 25.0 Å². The third-order valence-corrected chi connectivity index (χ3v) is 5.06. The van der Waals surface area contributed by atoms with E-state index in [-0.39, 0.29) is 22.4 Å². The van der Waals surface area contributed by atoms with Crippen LogP contribution in [0.3, 0.4) is 0 Å².